The maximum absolute atomic E-state index is 13.4. The maximum Gasteiger partial charge on any atom is 0.253 e. The number of thioether (sulfide) groups is 1. The molecule has 0 N–H and O–H groups in total. The summed E-state index contributed by atoms with van der Waals surface area (Å²) in [5.41, 5.74) is 4.07. The zero-order valence-corrected chi connectivity index (χ0v) is 27.1. The van der Waals surface area contributed by atoms with Crippen molar-refractivity contribution >= 4 is 46.5 Å². The standard InChI is InChI=1S/C34H37ClN6O3S/c1-43-29-10-6-27(7-11-29)38-14-18-40(19-15-38)32-23-31(35)36-34(37-32)45-24-25-4-3-5-26(22-25)33(42)41-20-16-39(17-21-41)28-8-12-30(44-2)13-9-28/h3-13,22-23H,14-21,24H2,1-2H3. The normalized spacial score (nSPS) is 15.3. The van der Waals surface area contributed by atoms with Crippen molar-refractivity contribution in [2.24, 2.45) is 0 Å². The fraction of sp³-hybridized carbons (Fsp3) is 0.324. The molecule has 0 saturated carbocycles. The minimum absolute atomic E-state index is 0.0614. The number of amides is 1. The monoisotopic (exact) mass is 644 g/mol. The molecular formula is C34H37ClN6O3S. The van der Waals surface area contributed by atoms with E-state index >= 15 is 0 Å². The lowest BCUT2D eigenvalue weighted by atomic mass is 10.1. The first kappa shape index (κ1) is 30.9. The van der Waals surface area contributed by atoms with Crippen molar-refractivity contribution in [2.75, 3.05) is 81.3 Å². The van der Waals surface area contributed by atoms with Crippen LogP contribution in [0.2, 0.25) is 5.15 Å². The van der Waals surface area contributed by atoms with Gasteiger partial charge >= 0.3 is 0 Å². The molecule has 11 heteroatoms. The van der Waals surface area contributed by atoms with Gasteiger partial charge in [-0.15, -0.1) is 0 Å². The molecular weight excluding hydrogens is 608 g/mol. The molecule has 2 aliphatic heterocycles. The fourth-order valence-corrected chi connectivity index (χ4v) is 6.71. The summed E-state index contributed by atoms with van der Waals surface area (Å²) in [7, 11) is 3.35. The Hall–Kier alpha value is -4.15. The topological polar surface area (TPSA) is 74.3 Å². The largest absolute Gasteiger partial charge is 0.497 e. The number of ether oxygens (including phenoxy) is 2. The van der Waals surface area contributed by atoms with Crippen molar-refractivity contribution in [1.82, 2.24) is 14.9 Å². The molecule has 4 aromatic rings. The van der Waals surface area contributed by atoms with Crippen LogP contribution in [0, 0.1) is 0 Å². The van der Waals surface area contributed by atoms with Crippen molar-refractivity contribution in [2.45, 2.75) is 10.9 Å². The lowest BCUT2D eigenvalue weighted by Gasteiger charge is -2.36. The maximum atomic E-state index is 13.4. The first-order valence-electron chi connectivity index (χ1n) is 15.1. The number of benzene rings is 3. The molecule has 0 aliphatic carbocycles. The quantitative estimate of drug-likeness (QED) is 0.129. The number of carbonyl (C=O) groups excluding carboxylic acids is 1. The number of carbonyl (C=O) groups is 1. The van der Waals surface area contributed by atoms with E-state index in [1.54, 1.807) is 14.2 Å². The van der Waals surface area contributed by atoms with E-state index in [9.17, 15) is 4.79 Å². The van der Waals surface area contributed by atoms with E-state index < -0.39 is 0 Å². The smallest absolute Gasteiger partial charge is 0.253 e. The van der Waals surface area contributed by atoms with Crippen LogP contribution < -0.4 is 24.2 Å². The second kappa shape index (κ2) is 14.3. The molecule has 0 spiro atoms. The third-order valence-electron chi connectivity index (χ3n) is 8.25. The Morgan fingerprint density at radius 3 is 1.87 bits per heavy atom. The number of nitrogens with zero attached hydrogens (tertiary/aromatic N) is 6. The van der Waals surface area contributed by atoms with Gasteiger partial charge < -0.3 is 29.1 Å². The van der Waals surface area contributed by atoms with Gasteiger partial charge in [-0.1, -0.05) is 35.5 Å². The number of anilines is 3. The minimum Gasteiger partial charge on any atom is -0.497 e. The van der Waals surface area contributed by atoms with E-state index in [1.807, 2.05) is 59.5 Å². The SMILES string of the molecule is COc1ccc(N2CCN(C(=O)c3cccc(CSc4nc(Cl)cc(N5CCN(c6ccc(OC)cc6)CC5)n4)c3)CC2)cc1. The summed E-state index contributed by atoms with van der Waals surface area (Å²) >= 11 is 7.97. The van der Waals surface area contributed by atoms with Crippen molar-refractivity contribution < 1.29 is 14.3 Å². The van der Waals surface area contributed by atoms with Gasteiger partial charge in [-0.05, 0) is 66.2 Å². The number of piperazine rings is 2. The molecule has 2 saturated heterocycles. The Morgan fingerprint density at radius 1 is 0.733 bits per heavy atom. The van der Waals surface area contributed by atoms with Gasteiger partial charge in [-0.3, -0.25) is 4.79 Å². The van der Waals surface area contributed by atoms with E-state index in [2.05, 4.69) is 43.9 Å². The first-order valence-corrected chi connectivity index (χ1v) is 16.4. The fourth-order valence-electron chi connectivity index (χ4n) is 5.68. The van der Waals surface area contributed by atoms with Gasteiger partial charge in [-0.2, -0.15) is 0 Å². The van der Waals surface area contributed by atoms with E-state index in [-0.39, 0.29) is 5.91 Å². The third-order valence-corrected chi connectivity index (χ3v) is 9.36. The summed E-state index contributed by atoms with van der Waals surface area (Å²) in [4.78, 5) is 31.6. The summed E-state index contributed by atoms with van der Waals surface area (Å²) in [6, 6.07) is 25.9. The lowest BCUT2D eigenvalue weighted by molar-refractivity contribution is 0.0746. The Kier molecular flexibility index (Phi) is 9.81. The predicted octanol–water partition coefficient (Wildman–Crippen LogP) is 5.73. The van der Waals surface area contributed by atoms with Crippen LogP contribution in [0.3, 0.4) is 0 Å². The average Bonchev–Trinajstić information content (AvgIpc) is 3.10. The van der Waals surface area contributed by atoms with E-state index in [1.165, 1.54) is 17.4 Å². The van der Waals surface area contributed by atoms with Gasteiger partial charge in [0, 0.05) is 81.1 Å². The van der Waals surface area contributed by atoms with Crippen molar-refractivity contribution in [1.29, 1.82) is 0 Å². The van der Waals surface area contributed by atoms with Gasteiger partial charge in [0.2, 0.25) is 0 Å². The van der Waals surface area contributed by atoms with E-state index in [0.29, 0.717) is 34.7 Å². The van der Waals surface area contributed by atoms with Crippen LogP contribution in [-0.2, 0) is 5.75 Å². The number of aromatic nitrogens is 2. The Labute approximate surface area is 273 Å². The molecule has 6 rings (SSSR count). The molecule has 2 aliphatic rings. The van der Waals surface area contributed by atoms with Gasteiger partial charge in [0.15, 0.2) is 5.16 Å². The molecule has 1 amide bonds. The summed E-state index contributed by atoms with van der Waals surface area (Å²) in [5, 5.41) is 1.05. The predicted molar refractivity (Wildman–Crippen MR) is 182 cm³/mol. The van der Waals surface area contributed by atoms with Crippen molar-refractivity contribution in [3.63, 3.8) is 0 Å². The van der Waals surface area contributed by atoms with Gasteiger partial charge in [-0.25, -0.2) is 9.97 Å². The molecule has 234 valence electrons. The molecule has 3 aromatic carbocycles. The zero-order valence-electron chi connectivity index (χ0n) is 25.6. The molecule has 1 aromatic heterocycles. The van der Waals surface area contributed by atoms with Crippen LogP contribution in [0.1, 0.15) is 15.9 Å². The summed E-state index contributed by atoms with van der Waals surface area (Å²) in [6.45, 7) is 6.37. The van der Waals surface area contributed by atoms with Crippen LogP contribution in [0.25, 0.3) is 0 Å². The molecule has 0 radical (unpaired) electrons. The Bertz CT molecular complexity index is 1590. The van der Waals surface area contributed by atoms with Crippen LogP contribution in [-0.4, -0.2) is 87.4 Å². The number of methoxy groups -OCH3 is 2. The molecule has 3 heterocycles. The molecule has 45 heavy (non-hydrogen) atoms. The van der Waals surface area contributed by atoms with Crippen LogP contribution >= 0.6 is 23.4 Å². The van der Waals surface area contributed by atoms with Gasteiger partial charge in [0.05, 0.1) is 14.2 Å². The number of rotatable bonds is 9. The van der Waals surface area contributed by atoms with E-state index in [4.69, 9.17) is 26.1 Å². The molecule has 9 nitrogen and oxygen atoms in total. The molecule has 0 unspecified atom stereocenters. The van der Waals surface area contributed by atoms with Crippen LogP contribution in [0.4, 0.5) is 17.2 Å². The molecule has 2 fully saturated rings. The highest BCUT2D eigenvalue weighted by Crippen LogP contribution is 2.27. The van der Waals surface area contributed by atoms with Gasteiger partial charge in [0.25, 0.3) is 5.91 Å². The zero-order chi connectivity index (χ0) is 31.2. The number of halogens is 1. The molecule has 0 atom stereocenters. The summed E-state index contributed by atoms with van der Waals surface area (Å²) in [5.74, 6) is 3.23. The second-order valence-electron chi connectivity index (χ2n) is 11.0. The van der Waals surface area contributed by atoms with Crippen LogP contribution in [0.15, 0.2) is 84.0 Å². The van der Waals surface area contributed by atoms with E-state index in [0.717, 1.165) is 67.8 Å². The lowest BCUT2D eigenvalue weighted by Crippen LogP contribution is -2.48. The first-order chi connectivity index (χ1) is 22.0. The van der Waals surface area contributed by atoms with Crippen LogP contribution in [0.5, 0.6) is 11.5 Å². The molecule has 0 bridgehead atoms. The van der Waals surface area contributed by atoms with Gasteiger partial charge in [0.1, 0.15) is 22.5 Å². The number of hydrogen-bond acceptors (Lipinski definition) is 9. The number of hydrogen-bond donors (Lipinski definition) is 0. The second-order valence-corrected chi connectivity index (χ2v) is 12.3. The van der Waals surface area contributed by atoms with Crippen molar-refractivity contribution in [3.05, 3.63) is 95.1 Å². The third kappa shape index (κ3) is 7.57. The Balaban J connectivity index is 1.03. The summed E-state index contributed by atoms with van der Waals surface area (Å²) < 4.78 is 10.6. The average molecular weight is 645 g/mol. The highest BCUT2D eigenvalue weighted by molar-refractivity contribution is 7.98. The van der Waals surface area contributed by atoms with Crippen molar-refractivity contribution in [3.8, 4) is 11.5 Å². The highest BCUT2D eigenvalue weighted by Gasteiger charge is 2.23. The highest BCUT2D eigenvalue weighted by atomic mass is 35.5. The minimum atomic E-state index is 0.0614. The summed E-state index contributed by atoms with van der Waals surface area (Å²) in [6.07, 6.45) is 0. The Morgan fingerprint density at radius 2 is 1.29 bits per heavy atom.